The summed E-state index contributed by atoms with van der Waals surface area (Å²) in [5.74, 6) is -0.167. The summed E-state index contributed by atoms with van der Waals surface area (Å²) in [4.78, 5) is 13.1. The van der Waals surface area contributed by atoms with E-state index >= 15 is 0 Å². The molecule has 1 rings (SSSR count). The van der Waals surface area contributed by atoms with Gasteiger partial charge in [-0.25, -0.2) is 0 Å². The number of amides is 1. The molecule has 8 atom stereocenters. The van der Waals surface area contributed by atoms with Crippen LogP contribution < -0.4 is 5.32 Å². The van der Waals surface area contributed by atoms with Crippen LogP contribution in [0.4, 0.5) is 0 Å². The van der Waals surface area contributed by atoms with E-state index in [0.717, 1.165) is 44.9 Å². The van der Waals surface area contributed by atoms with E-state index in [2.05, 4.69) is 31.8 Å². The van der Waals surface area contributed by atoms with Crippen molar-refractivity contribution in [3.8, 4) is 0 Å². The first kappa shape index (κ1) is 58.6. The highest BCUT2D eigenvalue weighted by Gasteiger charge is 2.43. The zero-order chi connectivity index (χ0) is 44.6. The van der Waals surface area contributed by atoms with E-state index in [-0.39, 0.29) is 12.5 Å². The summed E-state index contributed by atoms with van der Waals surface area (Å²) in [5.41, 5.74) is 0. The van der Waals surface area contributed by atoms with Gasteiger partial charge in [-0.3, -0.25) is 4.79 Å². The van der Waals surface area contributed by atoms with Crippen LogP contribution in [0.2, 0.25) is 0 Å². The average molecular weight is 886 g/mol. The van der Waals surface area contributed by atoms with Gasteiger partial charge in [-0.05, 0) is 19.3 Å². The third-order valence-corrected chi connectivity index (χ3v) is 13.7. The highest BCUT2D eigenvalue weighted by molar-refractivity contribution is 7.81. The molecule has 0 aliphatic carbocycles. The topological polar surface area (TPSA) is 128 Å². The minimum Gasteiger partial charge on any atom is -0.390 e. The number of aliphatic hydroxyl groups is 4. The van der Waals surface area contributed by atoms with E-state index in [1.54, 1.807) is 0 Å². The fraction of sp³-hybridized carbons (Fsp3) is 0.981. The van der Waals surface area contributed by atoms with Crippen molar-refractivity contribution in [3.05, 3.63) is 0 Å². The van der Waals surface area contributed by atoms with Crippen LogP contribution >= 0.6 is 12.6 Å². The normalized spacial score (nSPS) is 20.8. The molecule has 0 aromatic carbocycles. The maximum Gasteiger partial charge on any atom is 0.220 e. The lowest BCUT2D eigenvalue weighted by Gasteiger charge is -2.41. The summed E-state index contributed by atoms with van der Waals surface area (Å²) < 4.78 is 12.0. The maximum atomic E-state index is 13.1. The first-order valence-electron chi connectivity index (χ1n) is 26.7. The zero-order valence-corrected chi connectivity index (χ0v) is 41.3. The first-order chi connectivity index (χ1) is 29.8. The van der Waals surface area contributed by atoms with Gasteiger partial charge in [0.1, 0.15) is 12.2 Å². The highest BCUT2D eigenvalue weighted by Crippen LogP contribution is 2.28. The number of aliphatic hydroxyl groups excluding tert-OH is 4. The number of nitrogens with one attached hydrogen (secondary N) is 1. The molecule has 1 heterocycles. The Labute approximate surface area is 383 Å². The van der Waals surface area contributed by atoms with Gasteiger partial charge in [0.15, 0.2) is 6.29 Å². The van der Waals surface area contributed by atoms with Crippen molar-refractivity contribution in [1.82, 2.24) is 5.32 Å². The molecule has 9 heteroatoms. The van der Waals surface area contributed by atoms with E-state index in [4.69, 9.17) is 9.47 Å². The molecule has 5 N–H and O–H groups in total. The number of hydrogen-bond acceptors (Lipinski definition) is 8. The predicted octanol–water partition coefficient (Wildman–Crippen LogP) is 13.2. The standard InChI is InChI=1S/C52H103NO7S/c1-4-7-9-11-13-15-17-19-20-21-22-23-24-25-26-27-28-29-31-33-35-37-39-42-47(55)53-44(43-59-52-51(61)50(58)49(57)46(60-52)40-6-3)48(56)45(54)41-38-36-34-32-30-18-16-14-12-10-8-5-2/h44-46,48-52,54,56-58,61H,4-43H2,1-3H3,(H,53,55)/t44-,45+,46+,48-,49-,50-,51+,52-/m0/s1. The van der Waals surface area contributed by atoms with Crippen molar-refractivity contribution in [2.45, 2.75) is 319 Å². The molecule has 0 aromatic rings. The van der Waals surface area contributed by atoms with Crippen molar-refractivity contribution in [1.29, 1.82) is 0 Å². The van der Waals surface area contributed by atoms with E-state index in [9.17, 15) is 25.2 Å². The molecular weight excluding hydrogens is 783 g/mol. The van der Waals surface area contributed by atoms with Gasteiger partial charge in [-0.15, -0.1) is 0 Å². The molecule has 1 aliphatic heterocycles. The third-order valence-electron chi connectivity index (χ3n) is 13.2. The van der Waals surface area contributed by atoms with Gasteiger partial charge >= 0.3 is 0 Å². The Kier molecular flexibility index (Phi) is 40.6. The molecule has 0 radical (unpaired) electrons. The number of thiol groups is 1. The lowest BCUT2D eigenvalue weighted by molar-refractivity contribution is -0.250. The Bertz CT molecular complexity index is 945. The van der Waals surface area contributed by atoms with E-state index in [1.165, 1.54) is 186 Å². The van der Waals surface area contributed by atoms with Gasteiger partial charge < -0.3 is 35.2 Å². The molecular formula is C52H103NO7S. The number of carbonyl (C=O) groups excluding carboxylic acids is 1. The number of ether oxygens (including phenoxy) is 2. The smallest absolute Gasteiger partial charge is 0.220 e. The van der Waals surface area contributed by atoms with Crippen molar-refractivity contribution in [2.24, 2.45) is 0 Å². The molecule has 0 bridgehead atoms. The van der Waals surface area contributed by atoms with Gasteiger partial charge in [0.25, 0.3) is 0 Å². The van der Waals surface area contributed by atoms with Crippen molar-refractivity contribution < 1.29 is 34.7 Å². The molecule has 1 saturated heterocycles. The van der Waals surface area contributed by atoms with Gasteiger partial charge in [-0.1, -0.05) is 245 Å². The van der Waals surface area contributed by atoms with Crippen LogP contribution in [0.25, 0.3) is 0 Å². The summed E-state index contributed by atoms with van der Waals surface area (Å²) in [6, 6.07) is -0.845. The second kappa shape index (κ2) is 42.2. The molecule has 61 heavy (non-hydrogen) atoms. The average Bonchev–Trinajstić information content (AvgIpc) is 3.25. The van der Waals surface area contributed by atoms with E-state index in [1.807, 2.05) is 6.92 Å². The Balaban J connectivity index is 2.30. The number of carbonyl (C=O) groups is 1. The minimum atomic E-state index is -1.21. The van der Waals surface area contributed by atoms with Crippen LogP contribution in [0.1, 0.15) is 271 Å². The largest absolute Gasteiger partial charge is 0.390 e. The number of hydrogen-bond donors (Lipinski definition) is 6. The Morgan fingerprint density at radius 3 is 1.28 bits per heavy atom. The van der Waals surface area contributed by atoms with Crippen molar-refractivity contribution in [3.63, 3.8) is 0 Å². The fourth-order valence-corrected chi connectivity index (χ4v) is 9.32. The fourth-order valence-electron chi connectivity index (χ4n) is 8.98. The molecule has 1 aliphatic rings. The molecule has 0 spiro atoms. The summed E-state index contributed by atoms with van der Waals surface area (Å²) in [5, 5.41) is 45.6. The van der Waals surface area contributed by atoms with E-state index < -0.39 is 48.1 Å². The quantitative estimate of drug-likeness (QED) is 0.0265. The van der Waals surface area contributed by atoms with Crippen LogP contribution in [-0.2, 0) is 14.3 Å². The van der Waals surface area contributed by atoms with Gasteiger partial charge in [0, 0.05) is 6.42 Å². The Morgan fingerprint density at radius 1 is 0.541 bits per heavy atom. The van der Waals surface area contributed by atoms with Crippen LogP contribution in [0.3, 0.4) is 0 Å². The van der Waals surface area contributed by atoms with Crippen LogP contribution in [0.5, 0.6) is 0 Å². The van der Waals surface area contributed by atoms with E-state index in [0.29, 0.717) is 19.3 Å². The zero-order valence-electron chi connectivity index (χ0n) is 40.4. The SMILES string of the molecule is CCCCCCCCCCCCCCCCCCCCCCCCCC(=O)N[C@@H](CO[C@H]1O[C@H](CCC)[C@H](O)[C@H](O)[C@H]1S)[C@H](O)[C@H](O)CCCCCCCCCCCCCC. The maximum absolute atomic E-state index is 13.1. The molecule has 0 saturated carbocycles. The van der Waals surface area contributed by atoms with Crippen molar-refractivity contribution in [2.75, 3.05) is 6.61 Å². The molecule has 0 unspecified atom stereocenters. The number of unbranched alkanes of at least 4 members (excludes halogenated alkanes) is 33. The summed E-state index contributed by atoms with van der Waals surface area (Å²) in [6.07, 6.45) is 41.4. The lowest BCUT2D eigenvalue weighted by Crippen LogP contribution is -2.57. The van der Waals surface area contributed by atoms with Crippen LogP contribution in [0, 0.1) is 0 Å². The lowest BCUT2D eigenvalue weighted by atomic mass is 9.97. The van der Waals surface area contributed by atoms with Gasteiger partial charge in [0.2, 0.25) is 5.91 Å². The van der Waals surface area contributed by atoms with Crippen molar-refractivity contribution >= 4 is 18.5 Å². The monoisotopic (exact) mass is 886 g/mol. The van der Waals surface area contributed by atoms with Crippen LogP contribution in [0.15, 0.2) is 0 Å². The second-order valence-electron chi connectivity index (χ2n) is 19.1. The predicted molar refractivity (Wildman–Crippen MR) is 260 cm³/mol. The molecule has 364 valence electrons. The molecule has 0 aromatic heterocycles. The van der Waals surface area contributed by atoms with Gasteiger partial charge in [0.05, 0.1) is 36.2 Å². The highest BCUT2D eigenvalue weighted by atomic mass is 32.1. The number of rotatable bonds is 45. The van der Waals surface area contributed by atoms with Crippen LogP contribution in [-0.4, -0.2) is 81.0 Å². The first-order valence-corrected chi connectivity index (χ1v) is 27.2. The molecule has 1 fully saturated rings. The summed E-state index contributed by atoms with van der Waals surface area (Å²) in [7, 11) is 0. The molecule has 8 nitrogen and oxygen atoms in total. The van der Waals surface area contributed by atoms with Gasteiger partial charge in [-0.2, -0.15) is 12.6 Å². The third kappa shape index (κ3) is 32.0. The molecule has 1 amide bonds. The Hall–Kier alpha value is -0.420. The Morgan fingerprint density at radius 2 is 0.902 bits per heavy atom. The second-order valence-corrected chi connectivity index (χ2v) is 19.7. The summed E-state index contributed by atoms with van der Waals surface area (Å²) in [6.45, 7) is 6.42. The summed E-state index contributed by atoms with van der Waals surface area (Å²) >= 11 is 4.47. The minimum absolute atomic E-state index is 0.106.